The number of alkyl halides is 2. The van der Waals surface area contributed by atoms with E-state index in [0.717, 1.165) is 10.5 Å². The summed E-state index contributed by atoms with van der Waals surface area (Å²) in [5.41, 5.74) is 8.72. The van der Waals surface area contributed by atoms with Gasteiger partial charge in [0.1, 0.15) is 36.6 Å². The smallest absolute Gasteiger partial charge is 0.407 e. The van der Waals surface area contributed by atoms with Gasteiger partial charge >= 0.3 is 12.1 Å². The van der Waals surface area contributed by atoms with Crippen LogP contribution in [0, 0.1) is 12.7 Å². The molecular formula is C41H34F3N7O7. The molecule has 2 aliphatic rings. The van der Waals surface area contributed by atoms with Gasteiger partial charge in [-0.3, -0.25) is 9.59 Å². The summed E-state index contributed by atoms with van der Waals surface area (Å²) in [5.74, 6) is -1.45. The summed E-state index contributed by atoms with van der Waals surface area (Å²) in [6.07, 6.45) is -2.18. The molecule has 2 unspecified atom stereocenters. The molecule has 0 aliphatic carbocycles. The first-order chi connectivity index (χ1) is 27.9. The van der Waals surface area contributed by atoms with Gasteiger partial charge in [-0.1, -0.05) is 42.5 Å². The number of benzene rings is 4. The van der Waals surface area contributed by atoms with Crippen LogP contribution in [0.4, 0.5) is 34.3 Å². The lowest BCUT2D eigenvalue weighted by atomic mass is 10.1. The van der Waals surface area contributed by atoms with E-state index in [1.807, 2.05) is 18.2 Å². The van der Waals surface area contributed by atoms with Gasteiger partial charge in [0, 0.05) is 17.4 Å². The molecule has 4 amide bonds. The van der Waals surface area contributed by atoms with Crippen LogP contribution in [0.3, 0.4) is 0 Å². The zero-order valence-electron chi connectivity index (χ0n) is 30.7. The average molecular weight is 794 g/mol. The maximum atomic E-state index is 14.1. The van der Waals surface area contributed by atoms with Gasteiger partial charge in [0.2, 0.25) is 5.78 Å². The maximum Gasteiger partial charge on any atom is 0.407 e. The fourth-order valence-electron chi connectivity index (χ4n) is 7.08. The van der Waals surface area contributed by atoms with E-state index in [2.05, 4.69) is 15.4 Å². The number of nitrogens with one attached hydrogen (secondary N) is 2. The number of aromatic amines is 1. The number of urea groups is 1. The SMILES string of the molecule is Cc1cc(Oc2ccccc2F)ccc1-n1ncc(C(=O)c2cc3cc(OCC(F)F)c(N4C(=O)C5CC(NC(=O)OCc6ccccc6)CN5C4=O)cc3[nH]2)c1N. The fourth-order valence-corrected chi connectivity index (χ4v) is 7.08. The zero-order valence-corrected chi connectivity index (χ0v) is 30.7. The van der Waals surface area contributed by atoms with Crippen molar-refractivity contribution in [2.75, 3.05) is 23.8 Å². The third-order valence-electron chi connectivity index (χ3n) is 9.84. The van der Waals surface area contributed by atoms with Gasteiger partial charge in [0.15, 0.2) is 11.6 Å². The molecule has 4 heterocycles. The van der Waals surface area contributed by atoms with Crippen LogP contribution in [-0.2, 0) is 16.1 Å². The van der Waals surface area contributed by atoms with E-state index in [1.54, 1.807) is 49.4 Å². The average Bonchev–Trinajstić information content (AvgIpc) is 3.97. The van der Waals surface area contributed by atoms with Crippen molar-refractivity contribution in [3.63, 3.8) is 0 Å². The molecule has 4 N–H and O–H groups in total. The number of ether oxygens (including phenoxy) is 3. The molecule has 2 atom stereocenters. The van der Waals surface area contributed by atoms with Crippen molar-refractivity contribution in [2.45, 2.75) is 38.5 Å². The lowest BCUT2D eigenvalue weighted by molar-refractivity contribution is -0.119. The van der Waals surface area contributed by atoms with Crippen LogP contribution < -0.4 is 25.4 Å². The van der Waals surface area contributed by atoms with Gasteiger partial charge in [0.25, 0.3) is 12.3 Å². The Morgan fingerprint density at radius 3 is 2.50 bits per heavy atom. The minimum absolute atomic E-state index is 0.00300. The number of nitrogen functional groups attached to an aromatic ring is 1. The number of nitrogens with zero attached hydrogens (tertiary/aromatic N) is 4. The van der Waals surface area contributed by atoms with E-state index < -0.39 is 54.7 Å². The number of carbonyl (C=O) groups is 4. The number of ketones is 1. The summed E-state index contributed by atoms with van der Waals surface area (Å²) in [7, 11) is 0. The molecule has 17 heteroatoms. The van der Waals surface area contributed by atoms with E-state index in [9.17, 15) is 32.3 Å². The fraction of sp³-hybridized carbons (Fsp3) is 0.195. The number of alkyl carbamates (subject to hydrolysis) is 1. The van der Waals surface area contributed by atoms with Gasteiger partial charge < -0.3 is 35.1 Å². The predicted octanol–water partition coefficient (Wildman–Crippen LogP) is 6.89. The Balaban J connectivity index is 1.01. The number of imide groups is 1. The molecule has 58 heavy (non-hydrogen) atoms. The molecule has 2 aromatic heterocycles. The monoisotopic (exact) mass is 793 g/mol. The number of amides is 4. The summed E-state index contributed by atoms with van der Waals surface area (Å²) in [6, 6.07) is 22.0. The van der Waals surface area contributed by atoms with Crippen LogP contribution in [0.15, 0.2) is 97.2 Å². The van der Waals surface area contributed by atoms with Crippen LogP contribution in [0.2, 0.25) is 0 Å². The van der Waals surface area contributed by atoms with E-state index >= 15 is 0 Å². The van der Waals surface area contributed by atoms with E-state index in [1.165, 1.54) is 46.1 Å². The van der Waals surface area contributed by atoms with Gasteiger partial charge in [-0.05, 0) is 73.0 Å². The molecule has 0 radical (unpaired) electrons. The third kappa shape index (κ3) is 7.24. The summed E-state index contributed by atoms with van der Waals surface area (Å²) < 4.78 is 58.6. The first kappa shape index (κ1) is 37.6. The number of fused-ring (bicyclic) bond motifs is 2. The van der Waals surface area contributed by atoms with Crippen molar-refractivity contribution >= 4 is 46.2 Å². The molecule has 2 fully saturated rings. The Morgan fingerprint density at radius 2 is 1.76 bits per heavy atom. The van der Waals surface area contributed by atoms with Gasteiger partial charge in [0.05, 0.1) is 34.9 Å². The molecular weight excluding hydrogens is 759 g/mol. The normalized spacial score (nSPS) is 16.3. The topological polar surface area (TPSA) is 174 Å². The number of para-hydroxylation sites is 1. The first-order valence-corrected chi connectivity index (χ1v) is 18.1. The summed E-state index contributed by atoms with van der Waals surface area (Å²) >= 11 is 0. The van der Waals surface area contributed by atoms with Crippen LogP contribution in [-0.4, -0.2) is 75.1 Å². The first-order valence-electron chi connectivity index (χ1n) is 18.1. The molecule has 296 valence electrons. The largest absolute Gasteiger partial charge is 0.485 e. The summed E-state index contributed by atoms with van der Waals surface area (Å²) in [4.78, 5) is 59.0. The Bertz CT molecular complexity index is 2550. The second kappa shape index (κ2) is 15.3. The second-order valence-electron chi connectivity index (χ2n) is 13.7. The van der Waals surface area contributed by atoms with E-state index in [0.29, 0.717) is 27.9 Å². The second-order valence-corrected chi connectivity index (χ2v) is 13.7. The van der Waals surface area contributed by atoms with Crippen molar-refractivity contribution in [1.82, 2.24) is 25.0 Å². The van der Waals surface area contributed by atoms with Crippen molar-refractivity contribution in [2.24, 2.45) is 0 Å². The van der Waals surface area contributed by atoms with E-state index in [-0.39, 0.29) is 53.8 Å². The number of rotatable bonds is 12. The van der Waals surface area contributed by atoms with Crippen LogP contribution in [0.1, 0.15) is 33.6 Å². The highest BCUT2D eigenvalue weighted by Gasteiger charge is 2.52. The van der Waals surface area contributed by atoms with Gasteiger partial charge in [-0.25, -0.2) is 32.3 Å². The molecule has 8 rings (SSSR count). The Kier molecular flexibility index (Phi) is 9.94. The molecule has 2 aliphatic heterocycles. The van der Waals surface area contributed by atoms with Crippen molar-refractivity contribution in [3.05, 3.63) is 125 Å². The summed E-state index contributed by atoms with van der Waals surface area (Å²) in [5, 5.41) is 7.39. The van der Waals surface area contributed by atoms with Crippen LogP contribution in [0.25, 0.3) is 16.6 Å². The Morgan fingerprint density at radius 1 is 0.983 bits per heavy atom. The number of nitrogens with two attached hydrogens (primary N) is 1. The number of hydrogen-bond donors (Lipinski definition) is 3. The van der Waals surface area contributed by atoms with Gasteiger partial charge in [-0.2, -0.15) is 5.10 Å². The number of carbonyl (C=O) groups excluding carboxylic acids is 4. The number of anilines is 2. The molecule has 4 aromatic carbocycles. The molecule has 0 saturated carbocycles. The third-order valence-corrected chi connectivity index (χ3v) is 9.84. The maximum absolute atomic E-state index is 14.1. The minimum Gasteiger partial charge on any atom is -0.485 e. The van der Waals surface area contributed by atoms with Crippen LogP contribution in [0.5, 0.6) is 17.2 Å². The molecule has 2 saturated heterocycles. The van der Waals surface area contributed by atoms with Gasteiger partial charge in [-0.15, -0.1) is 0 Å². The Hall–Kier alpha value is -7.30. The molecule has 14 nitrogen and oxygen atoms in total. The number of aromatic nitrogens is 3. The zero-order chi connectivity index (χ0) is 40.7. The number of hydrogen-bond acceptors (Lipinski definition) is 9. The predicted molar refractivity (Wildman–Crippen MR) is 204 cm³/mol. The van der Waals surface area contributed by atoms with E-state index in [4.69, 9.17) is 19.9 Å². The molecule has 0 bridgehead atoms. The molecule has 6 aromatic rings. The minimum atomic E-state index is -2.87. The number of H-pyrrole nitrogens is 1. The highest BCUT2D eigenvalue weighted by Crippen LogP contribution is 2.40. The van der Waals surface area contributed by atoms with Crippen molar-refractivity contribution in [3.8, 4) is 22.9 Å². The highest BCUT2D eigenvalue weighted by molar-refractivity contribution is 6.23. The lowest BCUT2D eigenvalue weighted by Gasteiger charge is -2.21. The quantitative estimate of drug-likeness (QED) is 0.0881. The number of halogens is 3. The Labute approximate surface area is 327 Å². The summed E-state index contributed by atoms with van der Waals surface area (Å²) in [6.45, 7) is 0.786. The van der Waals surface area contributed by atoms with Crippen molar-refractivity contribution < 1.29 is 46.6 Å². The number of aryl methyl sites for hydroxylation is 1. The lowest BCUT2D eigenvalue weighted by Crippen LogP contribution is -2.41. The highest BCUT2D eigenvalue weighted by atomic mass is 19.3. The molecule has 0 spiro atoms. The van der Waals surface area contributed by atoms with Crippen molar-refractivity contribution in [1.29, 1.82) is 0 Å². The van der Waals surface area contributed by atoms with Crippen LogP contribution >= 0.6 is 0 Å². The standard InChI is InChI=1S/C41H34F3N7O7/c1-22-13-26(58-34-10-6-5-9-28(34)42)11-12-31(22)51-38(45)27(18-46-51)37(52)30-14-24-15-35(56-21-36(43)44)32(17-29(24)48-30)50-39(53)33-16-25(19-49(33)41(50)55)47-40(54)57-20-23-7-3-2-4-8-23/h2-15,17-18,25,33,36,48H,16,19-21,45H2,1H3,(H,47,54).